The smallest absolute Gasteiger partial charge is 0.249 e. The number of hydrogen-bond donors (Lipinski definition) is 0. The van der Waals surface area contributed by atoms with Gasteiger partial charge in [0.15, 0.2) is 0 Å². The summed E-state index contributed by atoms with van der Waals surface area (Å²) >= 11 is 0. The first kappa shape index (κ1) is 15.0. The summed E-state index contributed by atoms with van der Waals surface area (Å²) < 4.78 is 5.34. The van der Waals surface area contributed by atoms with Crippen LogP contribution in [0.25, 0.3) is 0 Å². The quantitative estimate of drug-likeness (QED) is 0.798. The maximum Gasteiger partial charge on any atom is 0.249 e. The van der Waals surface area contributed by atoms with Gasteiger partial charge >= 0.3 is 0 Å². The first-order chi connectivity index (χ1) is 10.1. The predicted molar refractivity (Wildman–Crippen MR) is 83.1 cm³/mol. The van der Waals surface area contributed by atoms with E-state index in [1.165, 1.54) is 6.42 Å². The van der Waals surface area contributed by atoms with Gasteiger partial charge in [-0.3, -0.25) is 4.79 Å². The molecule has 3 rings (SSSR count). The number of piperidine rings is 1. The molecule has 1 spiro atoms. The van der Waals surface area contributed by atoms with Crippen molar-refractivity contribution >= 4 is 5.91 Å². The number of ether oxygens (including phenoxy) is 1. The molecule has 2 heterocycles. The molecule has 1 amide bonds. The number of likely N-dealkylation sites (N-methyl/N-ethyl adjacent to an activating group) is 1. The van der Waals surface area contributed by atoms with Crippen molar-refractivity contribution in [1.29, 1.82) is 0 Å². The first-order valence-corrected chi connectivity index (χ1v) is 8.31. The molecule has 0 aromatic heterocycles. The van der Waals surface area contributed by atoms with Crippen LogP contribution in [0.1, 0.15) is 38.5 Å². The predicted octanol–water partition coefficient (Wildman–Crippen LogP) is 2.06. The summed E-state index contributed by atoms with van der Waals surface area (Å²) in [5.41, 5.74) is 1.48. The van der Waals surface area contributed by atoms with E-state index in [4.69, 9.17) is 4.74 Å². The summed E-state index contributed by atoms with van der Waals surface area (Å²) in [7, 11) is 3.99. The van der Waals surface area contributed by atoms with Crippen molar-refractivity contribution in [1.82, 2.24) is 9.80 Å². The number of methoxy groups -OCH3 is 1. The number of nitrogens with zero attached hydrogens (tertiary/aromatic N) is 2. The molecule has 0 N–H and O–H groups in total. The Hall–Kier alpha value is -0.870. The molecule has 4 heteroatoms. The maximum atomic E-state index is 12.5. The summed E-state index contributed by atoms with van der Waals surface area (Å²) in [4.78, 5) is 17.0. The number of allylic oxidation sites excluding steroid dienone is 1. The van der Waals surface area contributed by atoms with Crippen LogP contribution >= 0.6 is 0 Å². The van der Waals surface area contributed by atoms with Gasteiger partial charge in [-0.15, -0.1) is 0 Å². The molecule has 21 heavy (non-hydrogen) atoms. The van der Waals surface area contributed by atoms with E-state index in [1.807, 2.05) is 0 Å². The summed E-state index contributed by atoms with van der Waals surface area (Å²) in [6.07, 6.45) is 8.89. The van der Waals surface area contributed by atoms with Crippen LogP contribution in [0.2, 0.25) is 0 Å². The number of likely N-dealkylation sites (tertiary alicyclic amines) is 2. The Morgan fingerprint density at radius 3 is 2.81 bits per heavy atom. The highest BCUT2D eigenvalue weighted by Gasteiger charge is 2.44. The Labute approximate surface area is 128 Å². The third kappa shape index (κ3) is 3.02. The van der Waals surface area contributed by atoms with Crippen LogP contribution in [0.4, 0.5) is 0 Å². The molecular weight excluding hydrogens is 264 g/mol. The molecule has 0 radical (unpaired) electrons. The fourth-order valence-electron chi connectivity index (χ4n) is 4.37. The lowest BCUT2D eigenvalue weighted by Crippen LogP contribution is -2.44. The van der Waals surface area contributed by atoms with Crippen molar-refractivity contribution < 1.29 is 9.53 Å². The molecule has 2 aliphatic heterocycles. The van der Waals surface area contributed by atoms with Crippen LogP contribution in [0.3, 0.4) is 0 Å². The Morgan fingerprint density at radius 2 is 2.19 bits per heavy atom. The minimum absolute atomic E-state index is 0.308. The summed E-state index contributed by atoms with van der Waals surface area (Å²) in [6.45, 7) is 3.85. The van der Waals surface area contributed by atoms with Gasteiger partial charge in [-0.25, -0.2) is 0 Å². The van der Waals surface area contributed by atoms with Gasteiger partial charge in [0.05, 0.1) is 6.61 Å². The lowest BCUT2D eigenvalue weighted by Gasteiger charge is -2.39. The Bertz CT molecular complexity index is 425. The van der Waals surface area contributed by atoms with Crippen molar-refractivity contribution in [3.8, 4) is 0 Å². The number of carbonyl (C=O) groups is 1. The van der Waals surface area contributed by atoms with E-state index in [0.29, 0.717) is 17.4 Å². The van der Waals surface area contributed by atoms with Crippen LogP contribution in [0, 0.1) is 5.41 Å². The minimum atomic E-state index is 0.308. The highest BCUT2D eigenvalue weighted by molar-refractivity contribution is 5.93. The second-order valence-electron chi connectivity index (χ2n) is 7.14. The van der Waals surface area contributed by atoms with Crippen molar-refractivity contribution in [3.63, 3.8) is 0 Å². The first-order valence-electron chi connectivity index (χ1n) is 8.31. The van der Waals surface area contributed by atoms with Gasteiger partial charge in [-0.1, -0.05) is 6.08 Å². The van der Waals surface area contributed by atoms with Gasteiger partial charge < -0.3 is 14.5 Å². The zero-order valence-corrected chi connectivity index (χ0v) is 13.4. The zero-order valence-electron chi connectivity index (χ0n) is 13.4. The molecule has 0 unspecified atom stereocenters. The molecule has 4 nitrogen and oxygen atoms in total. The molecule has 3 aliphatic rings. The monoisotopic (exact) mass is 292 g/mol. The van der Waals surface area contributed by atoms with E-state index in [2.05, 4.69) is 22.9 Å². The summed E-state index contributed by atoms with van der Waals surface area (Å²) in [6, 6.07) is 0.551. The van der Waals surface area contributed by atoms with Gasteiger partial charge in [0.1, 0.15) is 0 Å². The fourth-order valence-corrected chi connectivity index (χ4v) is 4.37. The third-order valence-electron chi connectivity index (χ3n) is 5.66. The average Bonchev–Trinajstić information content (AvgIpc) is 3.09. The minimum Gasteiger partial charge on any atom is -0.383 e. The molecule has 0 bridgehead atoms. The second-order valence-corrected chi connectivity index (χ2v) is 7.14. The van der Waals surface area contributed by atoms with Crippen LogP contribution in [0.15, 0.2) is 11.6 Å². The number of amides is 1. The molecule has 2 saturated heterocycles. The van der Waals surface area contributed by atoms with Gasteiger partial charge in [0.25, 0.3) is 0 Å². The van der Waals surface area contributed by atoms with E-state index < -0.39 is 0 Å². The molecule has 0 saturated carbocycles. The lowest BCUT2D eigenvalue weighted by atomic mass is 9.76. The number of rotatable bonds is 3. The highest BCUT2D eigenvalue weighted by atomic mass is 16.5. The van der Waals surface area contributed by atoms with Crippen molar-refractivity contribution in [3.05, 3.63) is 11.6 Å². The topological polar surface area (TPSA) is 32.8 Å². The van der Waals surface area contributed by atoms with E-state index in [0.717, 1.165) is 63.9 Å². The molecule has 1 aliphatic carbocycles. The second kappa shape index (κ2) is 6.09. The van der Waals surface area contributed by atoms with Crippen LogP contribution in [0.5, 0.6) is 0 Å². The number of hydrogen-bond acceptors (Lipinski definition) is 3. The standard InChI is InChI=1S/C17H28N2O2/c1-18-13-17(11-15(18)12-21-2)7-9-19(10-8-17)16(20)14-5-3-4-6-14/h5,15H,3-4,6-13H2,1-2H3/t15-/m0/s1. The van der Waals surface area contributed by atoms with Gasteiger partial charge in [-0.05, 0) is 51.0 Å². The third-order valence-corrected chi connectivity index (χ3v) is 5.66. The maximum absolute atomic E-state index is 12.5. The Balaban J connectivity index is 1.56. The molecule has 118 valence electrons. The summed E-state index contributed by atoms with van der Waals surface area (Å²) in [5.74, 6) is 0.308. The van der Waals surface area contributed by atoms with E-state index >= 15 is 0 Å². The number of carbonyl (C=O) groups excluding carboxylic acids is 1. The molecule has 0 aromatic carbocycles. The highest BCUT2D eigenvalue weighted by Crippen LogP contribution is 2.43. The van der Waals surface area contributed by atoms with Crippen molar-refractivity contribution in [2.45, 2.75) is 44.6 Å². The molecule has 1 atom stereocenters. The van der Waals surface area contributed by atoms with E-state index in [9.17, 15) is 4.79 Å². The van der Waals surface area contributed by atoms with Crippen LogP contribution < -0.4 is 0 Å². The van der Waals surface area contributed by atoms with Crippen molar-refractivity contribution in [2.75, 3.05) is 40.4 Å². The Kier molecular flexibility index (Phi) is 4.36. The largest absolute Gasteiger partial charge is 0.383 e. The van der Waals surface area contributed by atoms with Crippen molar-refractivity contribution in [2.24, 2.45) is 5.41 Å². The van der Waals surface area contributed by atoms with Crippen LogP contribution in [-0.4, -0.2) is 62.1 Å². The average molecular weight is 292 g/mol. The normalized spacial score (nSPS) is 29.1. The fraction of sp³-hybridized carbons (Fsp3) is 0.824. The van der Waals surface area contributed by atoms with Crippen LogP contribution in [-0.2, 0) is 9.53 Å². The summed E-state index contributed by atoms with van der Waals surface area (Å²) in [5, 5.41) is 0. The van der Waals surface area contributed by atoms with Gasteiger partial charge in [0.2, 0.25) is 5.91 Å². The van der Waals surface area contributed by atoms with Gasteiger partial charge in [0, 0.05) is 38.4 Å². The molecule has 0 aromatic rings. The zero-order chi connectivity index (χ0) is 14.9. The Morgan fingerprint density at radius 1 is 1.43 bits per heavy atom. The van der Waals surface area contributed by atoms with E-state index in [-0.39, 0.29) is 0 Å². The molecule has 2 fully saturated rings. The lowest BCUT2D eigenvalue weighted by molar-refractivity contribution is -0.129. The molecular formula is C17H28N2O2. The van der Waals surface area contributed by atoms with Gasteiger partial charge in [-0.2, -0.15) is 0 Å². The SMILES string of the molecule is COC[C@@H]1CC2(CCN(C(=O)C3=CCCC3)CC2)CN1C. The van der Waals surface area contributed by atoms with E-state index in [1.54, 1.807) is 7.11 Å².